The van der Waals surface area contributed by atoms with Gasteiger partial charge < -0.3 is 0 Å². The van der Waals surface area contributed by atoms with Crippen molar-refractivity contribution in [1.29, 1.82) is 0 Å². The van der Waals surface area contributed by atoms with Crippen molar-refractivity contribution >= 4 is 74.7 Å². The molecule has 1 aliphatic carbocycles. The number of allylic oxidation sites excluding steroid dienone is 2. The van der Waals surface area contributed by atoms with Gasteiger partial charge in [-0.1, -0.05) is 96.0 Å². The van der Waals surface area contributed by atoms with Gasteiger partial charge in [0.25, 0.3) is 0 Å². The fraction of sp³-hybridized carbons (Fsp3) is 0.308. The fourth-order valence-corrected chi connectivity index (χ4v) is 7.50. The van der Waals surface area contributed by atoms with Gasteiger partial charge in [-0.25, -0.2) is 0 Å². The highest BCUT2D eigenvalue weighted by Gasteiger charge is 2.45. The average Bonchev–Trinajstić information content (AvgIpc) is 3.25. The first-order valence-electron chi connectivity index (χ1n) is 11.4. The van der Waals surface area contributed by atoms with E-state index in [1.54, 1.807) is 17.0 Å². The molecule has 5 nitrogen and oxygen atoms in total. The van der Waals surface area contributed by atoms with Crippen molar-refractivity contribution in [2.75, 3.05) is 4.90 Å². The summed E-state index contributed by atoms with van der Waals surface area (Å²) >= 11 is 21.8. The molecule has 10 heteroatoms. The number of anilines is 1. The molecule has 0 N–H and O–H groups in total. The maximum Gasteiger partial charge on any atom is 0.234 e. The average molecular weight is 579 g/mol. The molecule has 2 aromatic carbocycles. The Morgan fingerprint density at radius 3 is 2.58 bits per heavy atom. The van der Waals surface area contributed by atoms with E-state index in [1.165, 1.54) is 23.1 Å². The summed E-state index contributed by atoms with van der Waals surface area (Å²) in [4.78, 5) is 28.7. The van der Waals surface area contributed by atoms with E-state index < -0.39 is 5.92 Å². The Labute approximate surface area is 232 Å². The SMILES string of the molecule is CC1(C)CC(=O)C2=C(C1)N(c1nnc(SCc3ccccc3Cl)s1)C(=O)C[C@@H]2c1ccc(Cl)cc1Cl. The van der Waals surface area contributed by atoms with Crippen molar-refractivity contribution < 1.29 is 9.59 Å². The first kappa shape index (κ1) is 25.7. The van der Waals surface area contributed by atoms with Crippen LogP contribution in [0, 0.1) is 5.41 Å². The number of halogens is 3. The van der Waals surface area contributed by atoms with Crippen LogP contribution in [0.3, 0.4) is 0 Å². The molecule has 0 radical (unpaired) electrons. The second-order valence-corrected chi connectivity index (χ2v) is 13.1. The third-order valence-electron chi connectivity index (χ3n) is 6.38. The third-order valence-corrected chi connectivity index (χ3v) is 9.40. The zero-order valence-electron chi connectivity index (χ0n) is 19.6. The first-order valence-corrected chi connectivity index (χ1v) is 14.3. The monoisotopic (exact) mass is 577 g/mol. The second kappa shape index (κ2) is 10.1. The van der Waals surface area contributed by atoms with Crippen LogP contribution in [0.4, 0.5) is 5.13 Å². The molecular weight excluding hydrogens is 557 g/mol. The topological polar surface area (TPSA) is 63.2 Å². The Hall–Kier alpha value is -1.90. The van der Waals surface area contributed by atoms with Crippen LogP contribution in [0.15, 0.2) is 58.1 Å². The van der Waals surface area contributed by atoms with E-state index in [-0.39, 0.29) is 23.5 Å². The van der Waals surface area contributed by atoms with Crippen LogP contribution in [-0.4, -0.2) is 21.9 Å². The number of rotatable bonds is 5. The predicted octanol–water partition coefficient (Wildman–Crippen LogP) is 7.95. The molecule has 1 amide bonds. The van der Waals surface area contributed by atoms with E-state index in [0.29, 0.717) is 50.1 Å². The van der Waals surface area contributed by atoms with E-state index in [1.807, 2.05) is 44.2 Å². The largest absolute Gasteiger partial charge is 0.294 e. The lowest BCUT2D eigenvalue weighted by molar-refractivity contribution is -0.121. The van der Waals surface area contributed by atoms with Crippen molar-refractivity contribution in [2.45, 2.75) is 49.1 Å². The molecule has 1 aliphatic heterocycles. The number of benzene rings is 2. The summed E-state index contributed by atoms with van der Waals surface area (Å²) in [5.41, 5.74) is 2.79. The zero-order chi connectivity index (χ0) is 25.6. The van der Waals surface area contributed by atoms with Crippen LogP contribution in [0.25, 0.3) is 0 Å². The minimum absolute atomic E-state index is 0.0348. The van der Waals surface area contributed by atoms with Crippen molar-refractivity contribution in [1.82, 2.24) is 10.2 Å². The van der Waals surface area contributed by atoms with Gasteiger partial charge in [-0.15, -0.1) is 10.2 Å². The number of carbonyl (C=O) groups is 2. The van der Waals surface area contributed by atoms with Gasteiger partial charge in [-0.2, -0.15) is 0 Å². The van der Waals surface area contributed by atoms with Crippen LogP contribution in [0.5, 0.6) is 0 Å². The minimum Gasteiger partial charge on any atom is -0.294 e. The van der Waals surface area contributed by atoms with Gasteiger partial charge in [0, 0.05) is 50.9 Å². The normalized spacial score (nSPS) is 19.6. The van der Waals surface area contributed by atoms with Gasteiger partial charge in [0.2, 0.25) is 11.0 Å². The van der Waals surface area contributed by atoms with Crippen LogP contribution < -0.4 is 4.90 Å². The predicted molar refractivity (Wildman–Crippen MR) is 147 cm³/mol. The lowest BCUT2D eigenvalue weighted by atomic mass is 9.69. The number of amides is 1. The second-order valence-electron chi connectivity index (χ2n) is 9.68. The number of Topliss-reactive ketones (excluding diaryl/α,β-unsaturated/α-hetero) is 1. The molecule has 5 rings (SSSR count). The Morgan fingerprint density at radius 1 is 1.06 bits per heavy atom. The summed E-state index contributed by atoms with van der Waals surface area (Å²) in [5.74, 6) is 0.125. The third kappa shape index (κ3) is 5.09. The Kier molecular flexibility index (Phi) is 7.22. The van der Waals surface area contributed by atoms with Crippen molar-refractivity contribution in [3.63, 3.8) is 0 Å². The smallest absolute Gasteiger partial charge is 0.234 e. The van der Waals surface area contributed by atoms with Gasteiger partial charge >= 0.3 is 0 Å². The molecule has 0 spiro atoms. The molecule has 2 heterocycles. The van der Waals surface area contributed by atoms with Gasteiger partial charge in [0.1, 0.15) is 0 Å². The maximum absolute atomic E-state index is 13.6. The van der Waals surface area contributed by atoms with Gasteiger partial charge in [0.15, 0.2) is 10.1 Å². The van der Waals surface area contributed by atoms with Gasteiger partial charge in [-0.05, 0) is 41.2 Å². The summed E-state index contributed by atoms with van der Waals surface area (Å²) in [5, 5.41) is 10.8. The lowest BCUT2D eigenvalue weighted by Crippen LogP contribution is -2.43. The molecule has 0 saturated carbocycles. The highest BCUT2D eigenvalue weighted by molar-refractivity contribution is 8.00. The number of thioether (sulfide) groups is 1. The minimum atomic E-state index is -0.417. The van der Waals surface area contributed by atoms with Crippen LogP contribution in [-0.2, 0) is 15.3 Å². The Balaban J connectivity index is 1.51. The molecule has 0 unspecified atom stereocenters. The Morgan fingerprint density at radius 2 is 1.83 bits per heavy atom. The molecule has 0 bridgehead atoms. The van der Waals surface area contributed by atoms with E-state index in [9.17, 15) is 9.59 Å². The lowest BCUT2D eigenvalue weighted by Gasteiger charge is -2.42. The first-order chi connectivity index (χ1) is 17.1. The molecule has 2 aliphatic rings. The molecule has 36 heavy (non-hydrogen) atoms. The molecule has 1 atom stereocenters. The standard InChI is InChI=1S/C26H22Cl3N3O2S2/c1-26(2)11-20-23(21(33)12-26)17(16-8-7-15(27)9-19(16)29)10-22(34)32(20)24-30-31-25(36-24)35-13-14-5-3-4-6-18(14)28/h3-9,17H,10-13H2,1-2H3/t17-/m1/s1. The molecule has 0 saturated heterocycles. The Bertz CT molecular complexity index is 1400. The quantitative estimate of drug-likeness (QED) is 0.227. The zero-order valence-corrected chi connectivity index (χ0v) is 23.5. The summed E-state index contributed by atoms with van der Waals surface area (Å²) in [6, 6.07) is 12.9. The van der Waals surface area contributed by atoms with E-state index in [0.717, 1.165) is 15.5 Å². The number of nitrogens with zero attached hydrogens (tertiary/aromatic N) is 3. The number of hydrogen-bond acceptors (Lipinski definition) is 6. The molecule has 0 fully saturated rings. The number of aromatic nitrogens is 2. The van der Waals surface area contributed by atoms with Gasteiger partial charge in [-0.3, -0.25) is 14.5 Å². The van der Waals surface area contributed by atoms with E-state index >= 15 is 0 Å². The fourth-order valence-electron chi connectivity index (χ4n) is 4.79. The van der Waals surface area contributed by atoms with Crippen LogP contribution >= 0.6 is 57.9 Å². The van der Waals surface area contributed by atoms with Crippen LogP contribution in [0.2, 0.25) is 15.1 Å². The van der Waals surface area contributed by atoms with Crippen molar-refractivity contribution in [2.24, 2.45) is 5.41 Å². The van der Waals surface area contributed by atoms with Crippen LogP contribution in [0.1, 0.15) is 50.2 Å². The molecule has 3 aromatic rings. The molecule has 1 aromatic heterocycles. The molecular formula is C26H22Cl3N3O2S2. The maximum atomic E-state index is 13.6. The summed E-state index contributed by atoms with van der Waals surface area (Å²) in [7, 11) is 0. The van der Waals surface area contributed by atoms with Gasteiger partial charge in [0.05, 0.1) is 0 Å². The van der Waals surface area contributed by atoms with Crippen molar-refractivity contribution in [3.05, 3.63) is 79.9 Å². The van der Waals surface area contributed by atoms with E-state index in [2.05, 4.69) is 10.2 Å². The highest BCUT2D eigenvalue weighted by atomic mass is 35.5. The van der Waals surface area contributed by atoms with Crippen molar-refractivity contribution in [3.8, 4) is 0 Å². The highest BCUT2D eigenvalue weighted by Crippen LogP contribution is 2.50. The molecule has 186 valence electrons. The number of ketones is 1. The summed E-state index contributed by atoms with van der Waals surface area (Å²) < 4.78 is 0.726. The summed E-state index contributed by atoms with van der Waals surface area (Å²) in [6.07, 6.45) is 1.10. The number of carbonyl (C=O) groups excluding carboxylic acids is 2. The van der Waals surface area contributed by atoms with E-state index in [4.69, 9.17) is 34.8 Å². The summed E-state index contributed by atoms with van der Waals surface area (Å²) in [6.45, 7) is 4.09. The number of hydrogen-bond donors (Lipinski definition) is 0.